The van der Waals surface area contributed by atoms with E-state index in [2.05, 4.69) is 5.32 Å². The van der Waals surface area contributed by atoms with Crippen LogP contribution in [0, 0.1) is 0 Å². The zero-order valence-electron chi connectivity index (χ0n) is 12.2. The van der Waals surface area contributed by atoms with Gasteiger partial charge in [-0.15, -0.1) is 0 Å². The van der Waals surface area contributed by atoms with Crippen LogP contribution in [0.3, 0.4) is 0 Å². The molecule has 0 radical (unpaired) electrons. The molecule has 2 heterocycles. The largest absolute Gasteiger partial charge is 0.486 e. The quantitative estimate of drug-likeness (QED) is 0.864. The Morgan fingerprint density at radius 2 is 2.00 bits per heavy atom. The highest BCUT2D eigenvalue weighted by atomic mass is 16.6. The minimum atomic E-state index is -0.551. The highest BCUT2D eigenvalue weighted by Crippen LogP contribution is 2.32. The molecule has 21 heavy (non-hydrogen) atoms. The predicted molar refractivity (Wildman–Crippen MR) is 78.9 cm³/mol. The van der Waals surface area contributed by atoms with Gasteiger partial charge in [-0.05, 0) is 37.0 Å². The summed E-state index contributed by atoms with van der Waals surface area (Å²) in [7, 11) is 0. The Morgan fingerprint density at radius 3 is 2.81 bits per heavy atom. The Hall–Kier alpha value is -1.30. The fraction of sp³-hybridized carbons (Fsp3) is 0.625. The van der Waals surface area contributed by atoms with Crippen LogP contribution in [0.5, 0.6) is 11.5 Å². The molecule has 0 aliphatic carbocycles. The van der Waals surface area contributed by atoms with E-state index < -0.39 is 6.10 Å². The minimum absolute atomic E-state index is 0.284. The van der Waals surface area contributed by atoms with Gasteiger partial charge in [0, 0.05) is 19.7 Å². The van der Waals surface area contributed by atoms with Gasteiger partial charge in [0.05, 0.1) is 12.2 Å². The first kappa shape index (κ1) is 14.6. The van der Waals surface area contributed by atoms with E-state index in [1.165, 1.54) is 6.42 Å². The lowest BCUT2D eigenvalue weighted by Gasteiger charge is -2.24. The van der Waals surface area contributed by atoms with Gasteiger partial charge < -0.3 is 24.6 Å². The van der Waals surface area contributed by atoms with Crippen LogP contribution in [0.1, 0.15) is 30.9 Å². The smallest absolute Gasteiger partial charge is 0.161 e. The molecule has 1 aromatic rings. The van der Waals surface area contributed by atoms with Crippen LogP contribution < -0.4 is 14.8 Å². The van der Waals surface area contributed by atoms with Gasteiger partial charge in [0.15, 0.2) is 11.5 Å². The van der Waals surface area contributed by atoms with Crippen LogP contribution in [0.15, 0.2) is 18.2 Å². The molecule has 2 unspecified atom stereocenters. The molecular weight excluding hydrogens is 270 g/mol. The molecule has 3 rings (SSSR count). The molecule has 116 valence electrons. The molecule has 1 fully saturated rings. The van der Waals surface area contributed by atoms with Gasteiger partial charge in [-0.25, -0.2) is 0 Å². The van der Waals surface area contributed by atoms with Gasteiger partial charge >= 0.3 is 0 Å². The lowest BCUT2D eigenvalue weighted by Crippen LogP contribution is -2.34. The van der Waals surface area contributed by atoms with Gasteiger partial charge in [0.1, 0.15) is 13.2 Å². The Labute approximate surface area is 125 Å². The number of ether oxygens (including phenoxy) is 3. The minimum Gasteiger partial charge on any atom is -0.486 e. The van der Waals surface area contributed by atoms with Crippen molar-refractivity contribution in [2.45, 2.75) is 31.5 Å². The van der Waals surface area contributed by atoms with Gasteiger partial charge in [-0.1, -0.05) is 6.07 Å². The monoisotopic (exact) mass is 293 g/mol. The van der Waals surface area contributed by atoms with Crippen LogP contribution in [-0.2, 0) is 4.74 Å². The van der Waals surface area contributed by atoms with Crippen LogP contribution in [0.25, 0.3) is 0 Å². The number of benzene rings is 1. The van der Waals surface area contributed by atoms with E-state index in [-0.39, 0.29) is 6.10 Å². The maximum absolute atomic E-state index is 10.3. The van der Waals surface area contributed by atoms with Crippen molar-refractivity contribution in [3.63, 3.8) is 0 Å². The maximum atomic E-state index is 10.3. The van der Waals surface area contributed by atoms with Crippen LogP contribution in [-0.4, -0.2) is 44.1 Å². The molecule has 0 bridgehead atoms. The second-order valence-corrected chi connectivity index (χ2v) is 5.57. The summed E-state index contributed by atoms with van der Waals surface area (Å²) < 4.78 is 16.7. The summed E-state index contributed by atoms with van der Waals surface area (Å²) in [5.74, 6) is 1.47. The predicted octanol–water partition coefficient (Wildman–Crippen LogP) is 1.65. The normalized spacial score (nSPS) is 22.8. The second kappa shape index (κ2) is 7.11. The molecule has 0 aromatic heterocycles. The summed E-state index contributed by atoms with van der Waals surface area (Å²) in [5.41, 5.74) is 0.844. The van der Waals surface area contributed by atoms with Crippen molar-refractivity contribution in [1.29, 1.82) is 0 Å². The number of hydrogen-bond donors (Lipinski definition) is 2. The number of hydrogen-bond acceptors (Lipinski definition) is 5. The van der Waals surface area contributed by atoms with Crippen molar-refractivity contribution in [1.82, 2.24) is 5.32 Å². The molecule has 1 saturated heterocycles. The molecule has 2 aliphatic rings. The summed E-state index contributed by atoms with van der Waals surface area (Å²) in [4.78, 5) is 0. The first-order valence-corrected chi connectivity index (χ1v) is 7.73. The average molecular weight is 293 g/mol. The van der Waals surface area contributed by atoms with E-state index in [1.807, 2.05) is 18.2 Å². The fourth-order valence-electron chi connectivity index (χ4n) is 2.73. The Kier molecular flexibility index (Phi) is 4.95. The third-order valence-corrected chi connectivity index (χ3v) is 3.93. The van der Waals surface area contributed by atoms with Crippen LogP contribution in [0.4, 0.5) is 0 Å². The van der Waals surface area contributed by atoms with E-state index >= 15 is 0 Å². The fourth-order valence-corrected chi connectivity index (χ4v) is 2.73. The molecule has 2 aliphatic heterocycles. The zero-order chi connectivity index (χ0) is 14.5. The molecule has 2 atom stereocenters. The highest BCUT2D eigenvalue weighted by molar-refractivity contribution is 5.44. The van der Waals surface area contributed by atoms with Crippen molar-refractivity contribution in [3.8, 4) is 11.5 Å². The SMILES string of the molecule is OC(CNCC1CCCCO1)c1ccc2c(c1)OCCO2. The summed E-state index contributed by atoms with van der Waals surface area (Å²) >= 11 is 0. The van der Waals surface area contributed by atoms with Gasteiger partial charge in [0.25, 0.3) is 0 Å². The van der Waals surface area contributed by atoms with Crippen molar-refractivity contribution in [2.24, 2.45) is 0 Å². The number of aliphatic hydroxyl groups excluding tert-OH is 1. The summed E-state index contributed by atoms with van der Waals surface area (Å²) in [6.07, 6.45) is 3.23. The lowest BCUT2D eigenvalue weighted by atomic mass is 10.1. The van der Waals surface area contributed by atoms with Crippen molar-refractivity contribution >= 4 is 0 Å². The second-order valence-electron chi connectivity index (χ2n) is 5.57. The Bertz CT molecular complexity index is 460. The molecule has 2 N–H and O–H groups in total. The van der Waals surface area contributed by atoms with E-state index in [1.54, 1.807) is 0 Å². The van der Waals surface area contributed by atoms with Gasteiger partial charge in [-0.3, -0.25) is 0 Å². The highest BCUT2D eigenvalue weighted by Gasteiger charge is 2.17. The third kappa shape index (κ3) is 3.87. The van der Waals surface area contributed by atoms with Crippen LogP contribution in [0.2, 0.25) is 0 Å². The Morgan fingerprint density at radius 1 is 1.14 bits per heavy atom. The molecule has 5 nitrogen and oxygen atoms in total. The maximum Gasteiger partial charge on any atom is 0.161 e. The van der Waals surface area contributed by atoms with E-state index in [9.17, 15) is 5.11 Å². The Balaban J connectivity index is 1.49. The van der Waals surface area contributed by atoms with E-state index in [0.29, 0.717) is 25.5 Å². The first-order chi connectivity index (χ1) is 10.3. The number of rotatable bonds is 5. The third-order valence-electron chi connectivity index (χ3n) is 3.93. The molecule has 0 saturated carbocycles. The van der Waals surface area contributed by atoms with E-state index in [4.69, 9.17) is 14.2 Å². The summed E-state index contributed by atoms with van der Waals surface area (Å²) in [5, 5.41) is 13.5. The van der Waals surface area contributed by atoms with Crippen molar-refractivity contribution in [2.75, 3.05) is 32.9 Å². The summed E-state index contributed by atoms with van der Waals surface area (Å²) in [6.45, 7) is 3.31. The first-order valence-electron chi connectivity index (χ1n) is 7.73. The van der Waals surface area contributed by atoms with Crippen molar-refractivity contribution < 1.29 is 19.3 Å². The molecule has 1 aromatic carbocycles. The zero-order valence-corrected chi connectivity index (χ0v) is 12.2. The molecular formula is C16H23NO4. The van der Waals surface area contributed by atoms with Gasteiger partial charge in [-0.2, -0.15) is 0 Å². The standard InChI is InChI=1S/C16H23NO4/c18-14(11-17-10-13-3-1-2-6-19-13)12-4-5-15-16(9-12)21-8-7-20-15/h4-5,9,13-14,17-18H,1-3,6-8,10-11H2. The topological polar surface area (TPSA) is 60.0 Å². The number of aliphatic hydroxyl groups is 1. The summed E-state index contributed by atoms with van der Waals surface area (Å²) in [6, 6.07) is 5.60. The van der Waals surface area contributed by atoms with Gasteiger partial charge in [0.2, 0.25) is 0 Å². The van der Waals surface area contributed by atoms with E-state index in [0.717, 1.165) is 37.3 Å². The van der Waals surface area contributed by atoms with Crippen molar-refractivity contribution in [3.05, 3.63) is 23.8 Å². The lowest BCUT2D eigenvalue weighted by molar-refractivity contribution is 0.0152. The number of nitrogens with one attached hydrogen (secondary N) is 1. The molecule has 5 heteroatoms. The average Bonchev–Trinajstić information content (AvgIpc) is 2.55. The number of fused-ring (bicyclic) bond motifs is 1. The molecule has 0 amide bonds. The molecule has 0 spiro atoms. The van der Waals surface area contributed by atoms with Crippen LogP contribution >= 0.6 is 0 Å².